The molecule has 1 fully saturated rings. The minimum atomic E-state index is 0.924. The van der Waals surface area contributed by atoms with E-state index in [0.717, 1.165) is 19.1 Å². The fraction of sp³-hybridized carbons (Fsp3) is 0.750. The Morgan fingerprint density at radius 2 is 1.89 bits per heavy atom. The highest BCUT2D eigenvalue weighted by Gasteiger charge is 2.13. The molecule has 2 heterocycles. The van der Waals surface area contributed by atoms with E-state index >= 15 is 0 Å². The SMILES string of the molecule is Cc1cn(CCCCC2CCOCC2)c(C)c1C. The number of rotatable bonds is 5. The van der Waals surface area contributed by atoms with Crippen LogP contribution in [0.1, 0.15) is 48.9 Å². The topological polar surface area (TPSA) is 14.2 Å². The number of hydrogen-bond donors (Lipinski definition) is 0. The molecule has 1 saturated heterocycles. The quantitative estimate of drug-likeness (QED) is 0.719. The van der Waals surface area contributed by atoms with Crippen molar-refractivity contribution in [1.82, 2.24) is 4.57 Å². The predicted molar refractivity (Wildman–Crippen MR) is 76.0 cm³/mol. The van der Waals surface area contributed by atoms with E-state index in [2.05, 4.69) is 31.5 Å². The van der Waals surface area contributed by atoms with Crippen molar-refractivity contribution in [3.63, 3.8) is 0 Å². The lowest BCUT2D eigenvalue weighted by atomic mass is 9.94. The summed E-state index contributed by atoms with van der Waals surface area (Å²) >= 11 is 0. The molecule has 1 aliphatic rings. The molecular formula is C16H27NO. The summed E-state index contributed by atoms with van der Waals surface area (Å²) in [7, 11) is 0. The van der Waals surface area contributed by atoms with E-state index in [-0.39, 0.29) is 0 Å². The van der Waals surface area contributed by atoms with Gasteiger partial charge in [-0.1, -0.05) is 12.8 Å². The first kappa shape index (κ1) is 13.7. The van der Waals surface area contributed by atoms with Crippen LogP contribution in [0.3, 0.4) is 0 Å². The molecule has 0 bridgehead atoms. The highest BCUT2D eigenvalue weighted by molar-refractivity contribution is 5.28. The van der Waals surface area contributed by atoms with Crippen molar-refractivity contribution >= 4 is 0 Å². The number of aryl methyl sites for hydroxylation is 2. The molecule has 1 aliphatic heterocycles. The molecule has 0 radical (unpaired) electrons. The molecule has 1 aromatic heterocycles. The average Bonchev–Trinajstić information content (AvgIpc) is 2.64. The van der Waals surface area contributed by atoms with Crippen molar-refractivity contribution in [2.75, 3.05) is 13.2 Å². The van der Waals surface area contributed by atoms with Crippen molar-refractivity contribution < 1.29 is 4.74 Å². The molecule has 0 aromatic carbocycles. The molecule has 2 rings (SSSR count). The maximum absolute atomic E-state index is 5.40. The van der Waals surface area contributed by atoms with Crippen LogP contribution in [0.4, 0.5) is 0 Å². The summed E-state index contributed by atoms with van der Waals surface area (Å²) < 4.78 is 7.83. The van der Waals surface area contributed by atoms with Crippen molar-refractivity contribution in [3.8, 4) is 0 Å². The molecular weight excluding hydrogens is 222 g/mol. The maximum Gasteiger partial charge on any atom is 0.0468 e. The van der Waals surface area contributed by atoms with E-state index in [4.69, 9.17) is 4.74 Å². The summed E-state index contributed by atoms with van der Waals surface area (Å²) in [5.74, 6) is 0.924. The first-order valence-electron chi connectivity index (χ1n) is 7.39. The van der Waals surface area contributed by atoms with E-state index < -0.39 is 0 Å². The Morgan fingerprint density at radius 3 is 2.50 bits per heavy atom. The van der Waals surface area contributed by atoms with Crippen LogP contribution >= 0.6 is 0 Å². The second kappa shape index (κ2) is 6.42. The zero-order valence-corrected chi connectivity index (χ0v) is 12.2. The normalized spacial score (nSPS) is 17.3. The van der Waals surface area contributed by atoms with Gasteiger partial charge in [0, 0.05) is 31.6 Å². The lowest BCUT2D eigenvalue weighted by Gasteiger charge is -2.21. The van der Waals surface area contributed by atoms with Crippen LogP contribution in [-0.2, 0) is 11.3 Å². The highest BCUT2D eigenvalue weighted by Crippen LogP contribution is 2.21. The van der Waals surface area contributed by atoms with E-state index in [1.54, 1.807) is 0 Å². The smallest absolute Gasteiger partial charge is 0.0468 e. The molecule has 0 amide bonds. The van der Waals surface area contributed by atoms with Crippen LogP contribution in [0, 0.1) is 26.7 Å². The van der Waals surface area contributed by atoms with Gasteiger partial charge < -0.3 is 9.30 Å². The largest absolute Gasteiger partial charge is 0.381 e. The van der Waals surface area contributed by atoms with Crippen LogP contribution in [0.5, 0.6) is 0 Å². The number of unbranched alkanes of at least 4 members (excludes halogenated alkanes) is 1. The lowest BCUT2D eigenvalue weighted by molar-refractivity contribution is 0.0630. The molecule has 0 N–H and O–H groups in total. The van der Waals surface area contributed by atoms with Gasteiger partial charge >= 0.3 is 0 Å². The zero-order valence-electron chi connectivity index (χ0n) is 12.2. The molecule has 0 atom stereocenters. The first-order chi connectivity index (χ1) is 8.68. The summed E-state index contributed by atoms with van der Waals surface area (Å²) in [5.41, 5.74) is 4.33. The minimum absolute atomic E-state index is 0.924. The summed E-state index contributed by atoms with van der Waals surface area (Å²) in [6, 6.07) is 0. The van der Waals surface area contributed by atoms with Gasteiger partial charge in [-0.25, -0.2) is 0 Å². The standard InChI is InChI=1S/C16H27NO/c1-13-12-17(15(3)14(13)2)9-5-4-6-16-7-10-18-11-8-16/h12,16H,4-11H2,1-3H3. The van der Waals surface area contributed by atoms with Crippen LogP contribution < -0.4 is 0 Å². The van der Waals surface area contributed by atoms with Crippen LogP contribution in [0.25, 0.3) is 0 Å². The van der Waals surface area contributed by atoms with E-state index in [0.29, 0.717) is 0 Å². The van der Waals surface area contributed by atoms with Crippen LogP contribution in [-0.4, -0.2) is 17.8 Å². The van der Waals surface area contributed by atoms with Gasteiger partial charge in [0.15, 0.2) is 0 Å². The maximum atomic E-state index is 5.40. The Morgan fingerprint density at radius 1 is 1.17 bits per heavy atom. The van der Waals surface area contributed by atoms with Crippen molar-refractivity contribution in [3.05, 3.63) is 23.0 Å². The third-order valence-electron chi connectivity index (χ3n) is 4.52. The first-order valence-corrected chi connectivity index (χ1v) is 7.39. The number of ether oxygens (including phenoxy) is 1. The second-order valence-electron chi connectivity index (χ2n) is 5.77. The highest BCUT2D eigenvalue weighted by atomic mass is 16.5. The van der Waals surface area contributed by atoms with Gasteiger partial charge in [0.05, 0.1) is 0 Å². The number of hydrogen-bond acceptors (Lipinski definition) is 1. The van der Waals surface area contributed by atoms with E-state index in [1.165, 1.54) is 55.5 Å². The Labute approximate surface area is 111 Å². The third kappa shape index (κ3) is 3.38. The second-order valence-corrected chi connectivity index (χ2v) is 5.77. The van der Waals surface area contributed by atoms with Crippen molar-refractivity contribution in [1.29, 1.82) is 0 Å². The summed E-state index contributed by atoms with van der Waals surface area (Å²) in [6.07, 6.45) is 8.93. The summed E-state index contributed by atoms with van der Waals surface area (Å²) in [5, 5.41) is 0. The number of aromatic nitrogens is 1. The van der Waals surface area contributed by atoms with Crippen LogP contribution in [0.2, 0.25) is 0 Å². The fourth-order valence-electron chi connectivity index (χ4n) is 2.91. The average molecular weight is 249 g/mol. The fourth-order valence-corrected chi connectivity index (χ4v) is 2.91. The Balaban J connectivity index is 1.70. The minimum Gasteiger partial charge on any atom is -0.381 e. The molecule has 0 saturated carbocycles. The molecule has 0 aliphatic carbocycles. The molecule has 2 heteroatoms. The monoisotopic (exact) mass is 249 g/mol. The van der Waals surface area contributed by atoms with E-state index in [1.807, 2.05) is 0 Å². The van der Waals surface area contributed by atoms with Gasteiger partial charge in [-0.3, -0.25) is 0 Å². The summed E-state index contributed by atoms with van der Waals surface area (Å²) in [6.45, 7) is 9.83. The van der Waals surface area contributed by atoms with Crippen LogP contribution in [0.15, 0.2) is 6.20 Å². The molecule has 0 unspecified atom stereocenters. The van der Waals surface area contributed by atoms with Crippen molar-refractivity contribution in [2.45, 2.75) is 59.4 Å². The van der Waals surface area contributed by atoms with E-state index in [9.17, 15) is 0 Å². The molecule has 18 heavy (non-hydrogen) atoms. The third-order valence-corrected chi connectivity index (χ3v) is 4.52. The lowest BCUT2D eigenvalue weighted by Crippen LogP contribution is -2.15. The predicted octanol–water partition coefficient (Wildman–Crippen LogP) is 4.01. The van der Waals surface area contributed by atoms with Gasteiger partial charge in [-0.15, -0.1) is 0 Å². The van der Waals surface area contributed by atoms with Gasteiger partial charge in [-0.05, 0) is 57.1 Å². The zero-order chi connectivity index (χ0) is 13.0. The number of nitrogens with zero attached hydrogens (tertiary/aromatic N) is 1. The Bertz CT molecular complexity index is 375. The molecule has 102 valence electrons. The van der Waals surface area contributed by atoms with Gasteiger partial charge in [0.2, 0.25) is 0 Å². The van der Waals surface area contributed by atoms with Gasteiger partial charge in [-0.2, -0.15) is 0 Å². The van der Waals surface area contributed by atoms with Gasteiger partial charge in [0.25, 0.3) is 0 Å². The van der Waals surface area contributed by atoms with Gasteiger partial charge in [0.1, 0.15) is 0 Å². The molecule has 1 aromatic rings. The molecule has 0 spiro atoms. The Kier molecular flexibility index (Phi) is 4.87. The van der Waals surface area contributed by atoms with Crippen molar-refractivity contribution in [2.24, 2.45) is 5.92 Å². The Hall–Kier alpha value is -0.760. The molecule has 2 nitrogen and oxygen atoms in total. The summed E-state index contributed by atoms with van der Waals surface area (Å²) in [4.78, 5) is 0.